The fraction of sp³-hybridized carbons (Fsp3) is 0.333. The van der Waals surface area contributed by atoms with Gasteiger partial charge < -0.3 is 32.3 Å². The van der Waals surface area contributed by atoms with Crippen LogP contribution in [0.15, 0.2) is 69.8 Å². The van der Waals surface area contributed by atoms with Crippen molar-refractivity contribution < 1.29 is 37.8 Å². The van der Waals surface area contributed by atoms with Crippen LogP contribution in [0, 0.1) is 11.8 Å². The standard InChI is InChI=1S/C30H36N4O8S2/c1-3-17(2)25(31)23(36)14-19(13-18-9-11-20(35)12-10-18)28(37)34-22(30(39)40)15-33-29(38)27-26(32)24(16-43-27)44(41,42)21-7-5-4-6-8-21/h4-12,16-17,19,22,25,35H,3,13-15,31-32H2,1-2H3,(H,33,38)(H,34,37)(H,39,40)/t17-,19+,22-,25-/m0/s1. The van der Waals surface area contributed by atoms with E-state index in [1.54, 1.807) is 30.3 Å². The number of carbonyl (C=O) groups is 4. The number of carboxylic acid groups (broad SMARTS) is 1. The number of sulfone groups is 1. The fourth-order valence-corrected chi connectivity index (χ4v) is 7.00. The van der Waals surface area contributed by atoms with Crippen molar-refractivity contribution in [2.24, 2.45) is 17.6 Å². The first kappa shape index (κ1) is 34.2. The maximum Gasteiger partial charge on any atom is 0.328 e. The number of amides is 2. The van der Waals surface area contributed by atoms with Gasteiger partial charge >= 0.3 is 5.97 Å². The summed E-state index contributed by atoms with van der Waals surface area (Å²) in [6.45, 7) is 3.16. The molecule has 0 radical (unpaired) electrons. The number of nitrogens with two attached hydrogens (primary N) is 2. The fourth-order valence-electron chi connectivity index (χ4n) is 4.35. The zero-order chi connectivity index (χ0) is 32.6. The van der Waals surface area contributed by atoms with Gasteiger partial charge in [0.1, 0.15) is 21.6 Å². The maximum atomic E-state index is 13.3. The van der Waals surface area contributed by atoms with Gasteiger partial charge in [-0.3, -0.25) is 14.4 Å². The van der Waals surface area contributed by atoms with Crippen LogP contribution in [-0.4, -0.2) is 60.8 Å². The van der Waals surface area contributed by atoms with E-state index in [0.717, 1.165) is 11.3 Å². The highest BCUT2D eigenvalue weighted by Gasteiger charge is 2.31. The van der Waals surface area contributed by atoms with Gasteiger partial charge in [0.2, 0.25) is 15.7 Å². The molecule has 0 bridgehead atoms. The van der Waals surface area contributed by atoms with Crippen molar-refractivity contribution in [3.63, 3.8) is 0 Å². The van der Waals surface area contributed by atoms with Crippen LogP contribution >= 0.6 is 11.3 Å². The number of nitrogens with one attached hydrogen (secondary N) is 2. The number of phenols is 1. The molecule has 4 atom stereocenters. The highest BCUT2D eigenvalue weighted by atomic mass is 32.2. The molecular weight excluding hydrogens is 608 g/mol. The van der Waals surface area contributed by atoms with E-state index in [1.807, 2.05) is 13.8 Å². The molecule has 44 heavy (non-hydrogen) atoms. The van der Waals surface area contributed by atoms with Gasteiger partial charge in [-0.15, -0.1) is 11.3 Å². The molecule has 0 saturated heterocycles. The Balaban J connectivity index is 1.74. The van der Waals surface area contributed by atoms with Crippen LogP contribution in [-0.2, 0) is 30.6 Å². The van der Waals surface area contributed by atoms with E-state index in [-0.39, 0.29) is 50.6 Å². The molecule has 0 aliphatic carbocycles. The van der Waals surface area contributed by atoms with Crippen LogP contribution < -0.4 is 22.1 Å². The number of Topliss-reactive ketones (excluding diaryl/α,β-unsaturated/α-hetero) is 1. The molecule has 236 valence electrons. The molecule has 0 aliphatic heterocycles. The highest BCUT2D eigenvalue weighted by Crippen LogP contribution is 2.33. The van der Waals surface area contributed by atoms with Crippen molar-refractivity contribution >= 4 is 50.4 Å². The summed E-state index contributed by atoms with van der Waals surface area (Å²) in [6.07, 6.45) is 0.465. The number of hydrogen-bond acceptors (Lipinski definition) is 10. The molecule has 0 fully saturated rings. The Labute approximate surface area is 259 Å². The Bertz CT molecular complexity index is 1590. The summed E-state index contributed by atoms with van der Waals surface area (Å²) in [5.41, 5.74) is 12.5. The van der Waals surface area contributed by atoms with Crippen molar-refractivity contribution in [1.82, 2.24) is 10.6 Å². The average molecular weight is 645 g/mol. The number of nitrogen functional groups attached to an aromatic ring is 1. The molecule has 8 N–H and O–H groups in total. The van der Waals surface area contributed by atoms with E-state index in [1.165, 1.54) is 29.6 Å². The lowest BCUT2D eigenvalue weighted by atomic mass is 9.87. The van der Waals surface area contributed by atoms with Crippen molar-refractivity contribution in [2.45, 2.75) is 55.0 Å². The molecule has 1 aromatic heterocycles. The van der Waals surface area contributed by atoms with Gasteiger partial charge in [0.05, 0.1) is 16.6 Å². The number of carboxylic acids is 1. The van der Waals surface area contributed by atoms with Crippen LogP contribution in [0.25, 0.3) is 0 Å². The third-order valence-corrected chi connectivity index (χ3v) is 10.2. The Hall–Kier alpha value is -4.27. The largest absolute Gasteiger partial charge is 0.508 e. The first-order chi connectivity index (χ1) is 20.8. The van der Waals surface area contributed by atoms with E-state index in [0.29, 0.717) is 12.0 Å². The highest BCUT2D eigenvalue weighted by molar-refractivity contribution is 7.91. The van der Waals surface area contributed by atoms with Gasteiger partial charge in [-0.2, -0.15) is 0 Å². The first-order valence-corrected chi connectivity index (χ1v) is 16.2. The quantitative estimate of drug-likeness (QED) is 0.142. The Morgan fingerprint density at radius 2 is 1.66 bits per heavy atom. The van der Waals surface area contributed by atoms with E-state index < -0.39 is 52.2 Å². The number of ketones is 1. The van der Waals surface area contributed by atoms with Gasteiger partial charge in [-0.1, -0.05) is 50.6 Å². The first-order valence-electron chi connectivity index (χ1n) is 13.8. The van der Waals surface area contributed by atoms with E-state index in [4.69, 9.17) is 11.5 Å². The van der Waals surface area contributed by atoms with Crippen molar-refractivity contribution in [1.29, 1.82) is 0 Å². The third-order valence-electron chi connectivity index (χ3n) is 7.29. The van der Waals surface area contributed by atoms with Crippen LogP contribution in [0.4, 0.5) is 5.69 Å². The summed E-state index contributed by atoms with van der Waals surface area (Å²) in [5, 5.41) is 25.4. The number of carbonyl (C=O) groups excluding carboxylic acids is 3. The van der Waals surface area contributed by atoms with Crippen LogP contribution in [0.1, 0.15) is 41.9 Å². The molecular formula is C30H36N4O8S2. The Kier molecular flexibility index (Phi) is 11.6. The Morgan fingerprint density at radius 1 is 1.02 bits per heavy atom. The second kappa shape index (κ2) is 14.9. The molecule has 12 nitrogen and oxygen atoms in total. The number of benzene rings is 2. The van der Waals surface area contributed by atoms with Crippen LogP contribution in [0.5, 0.6) is 5.75 Å². The second-order valence-electron chi connectivity index (χ2n) is 10.4. The lowest BCUT2D eigenvalue weighted by Crippen LogP contribution is -2.51. The smallest absolute Gasteiger partial charge is 0.328 e. The van der Waals surface area contributed by atoms with Crippen molar-refractivity contribution in [2.75, 3.05) is 12.3 Å². The number of anilines is 1. The minimum Gasteiger partial charge on any atom is -0.508 e. The summed E-state index contributed by atoms with van der Waals surface area (Å²) < 4.78 is 26.0. The molecule has 2 aromatic carbocycles. The minimum atomic E-state index is -4.00. The summed E-state index contributed by atoms with van der Waals surface area (Å²) >= 11 is 0.782. The maximum absolute atomic E-state index is 13.3. The number of aromatic hydroxyl groups is 1. The van der Waals surface area contributed by atoms with Gasteiger partial charge in [0.25, 0.3) is 5.91 Å². The molecule has 3 aromatic rings. The summed E-state index contributed by atoms with van der Waals surface area (Å²) in [5.74, 6) is -4.46. The number of hydrogen-bond donors (Lipinski definition) is 6. The number of rotatable bonds is 15. The average Bonchev–Trinajstić information content (AvgIpc) is 3.41. The van der Waals surface area contributed by atoms with Crippen molar-refractivity contribution in [3.8, 4) is 5.75 Å². The van der Waals surface area contributed by atoms with E-state index in [2.05, 4.69) is 10.6 Å². The summed E-state index contributed by atoms with van der Waals surface area (Å²) in [7, 11) is -4.00. The van der Waals surface area contributed by atoms with Crippen molar-refractivity contribution in [3.05, 3.63) is 70.4 Å². The van der Waals surface area contributed by atoms with Gasteiger partial charge in [0.15, 0.2) is 5.78 Å². The Morgan fingerprint density at radius 3 is 2.25 bits per heavy atom. The molecule has 14 heteroatoms. The second-order valence-corrected chi connectivity index (χ2v) is 13.2. The zero-order valence-corrected chi connectivity index (χ0v) is 25.9. The van der Waals surface area contributed by atoms with Crippen LogP contribution in [0.3, 0.4) is 0 Å². The molecule has 0 unspecified atom stereocenters. The molecule has 0 saturated carbocycles. The van der Waals surface area contributed by atoms with Crippen LogP contribution in [0.2, 0.25) is 0 Å². The minimum absolute atomic E-state index is 0.00411. The lowest BCUT2D eigenvalue weighted by Gasteiger charge is -2.23. The summed E-state index contributed by atoms with van der Waals surface area (Å²) in [6, 6.07) is 11.2. The SMILES string of the molecule is CC[C@H](C)[C@H](N)C(=O)C[C@@H](Cc1ccc(O)cc1)C(=O)N[C@@H](CNC(=O)c1scc(S(=O)(=O)c2ccccc2)c1N)C(=O)O. The topological polar surface area (TPSA) is 219 Å². The van der Waals surface area contributed by atoms with Gasteiger partial charge in [0, 0.05) is 24.3 Å². The molecule has 1 heterocycles. The molecule has 3 rings (SSSR count). The monoisotopic (exact) mass is 644 g/mol. The predicted octanol–water partition coefficient (Wildman–Crippen LogP) is 2.36. The summed E-state index contributed by atoms with van der Waals surface area (Å²) in [4.78, 5) is 50.8. The number of thiophene rings is 1. The lowest BCUT2D eigenvalue weighted by molar-refractivity contribution is -0.142. The molecule has 2 amide bonds. The number of phenolic OH excluding ortho intramolecular Hbond substituents is 1. The van der Waals surface area contributed by atoms with Gasteiger partial charge in [-0.25, -0.2) is 13.2 Å². The van der Waals surface area contributed by atoms with E-state index >= 15 is 0 Å². The number of aliphatic carboxylic acids is 1. The predicted molar refractivity (Wildman–Crippen MR) is 165 cm³/mol. The molecule has 0 aliphatic rings. The third kappa shape index (κ3) is 8.42. The molecule has 0 spiro atoms. The zero-order valence-electron chi connectivity index (χ0n) is 24.2. The normalized spacial score (nSPS) is 14.2. The van der Waals surface area contributed by atoms with E-state index in [9.17, 15) is 37.8 Å². The van der Waals surface area contributed by atoms with Gasteiger partial charge in [-0.05, 0) is 42.2 Å².